The van der Waals surface area contributed by atoms with Crippen molar-refractivity contribution in [1.29, 1.82) is 0 Å². The molecule has 1 unspecified atom stereocenters. The van der Waals surface area contributed by atoms with Gasteiger partial charge in [0.1, 0.15) is 5.60 Å². The number of esters is 1. The lowest BCUT2D eigenvalue weighted by molar-refractivity contribution is -0.143. The number of carbonyl (C=O) groups excluding carboxylic acids is 2. The van der Waals surface area contributed by atoms with Crippen LogP contribution in [0.1, 0.15) is 37.9 Å². The minimum absolute atomic E-state index is 0.0578. The summed E-state index contributed by atoms with van der Waals surface area (Å²) in [6, 6.07) is 2.67. The van der Waals surface area contributed by atoms with E-state index >= 15 is 0 Å². The molecule has 0 saturated carbocycles. The summed E-state index contributed by atoms with van der Waals surface area (Å²) in [5, 5.41) is 2.22. The molecule has 0 bridgehead atoms. The molecule has 0 saturated heterocycles. The average Bonchev–Trinajstić information content (AvgIpc) is 2.41. The Morgan fingerprint density at radius 1 is 1.17 bits per heavy atom. The van der Waals surface area contributed by atoms with Crippen LogP contribution in [0.2, 0.25) is 0 Å². The molecule has 0 heterocycles. The number of hydrogen-bond acceptors (Lipinski definition) is 4. The summed E-state index contributed by atoms with van der Waals surface area (Å²) in [7, 11) is 1.07. The predicted octanol–water partition coefficient (Wildman–Crippen LogP) is 3.44. The number of rotatable bonds is 3. The molecule has 1 N–H and O–H groups in total. The molecule has 8 heteroatoms. The lowest BCUT2D eigenvalue weighted by Crippen LogP contribution is -2.38. The largest absolute Gasteiger partial charge is 0.467 e. The first-order valence-electron chi connectivity index (χ1n) is 6.68. The van der Waals surface area contributed by atoms with Crippen LogP contribution < -0.4 is 5.32 Å². The first kappa shape index (κ1) is 18.8. The number of alkyl halides is 3. The number of alkyl carbamates (subject to hydrolysis) is 1. The van der Waals surface area contributed by atoms with Crippen LogP contribution in [0, 0.1) is 0 Å². The highest BCUT2D eigenvalue weighted by atomic mass is 19.4. The summed E-state index contributed by atoms with van der Waals surface area (Å²) in [4.78, 5) is 23.6. The van der Waals surface area contributed by atoms with E-state index in [1.54, 1.807) is 20.8 Å². The Balaban J connectivity index is 3.08. The molecule has 0 aliphatic rings. The Morgan fingerprint density at radius 3 is 2.26 bits per heavy atom. The summed E-state index contributed by atoms with van der Waals surface area (Å²) in [6.45, 7) is 4.85. The predicted molar refractivity (Wildman–Crippen MR) is 75.6 cm³/mol. The van der Waals surface area contributed by atoms with Gasteiger partial charge in [-0.3, -0.25) is 0 Å². The zero-order chi connectivity index (χ0) is 17.8. The number of nitrogens with one attached hydrogen (secondary N) is 1. The van der Waals surface area contributed by atoms with Gasteiger partial charge in [0.05, 0.1) is 12.7 Å². The Morgan fingerprint density at radius 2 is 1.78 bits per heavy atom. The molecule has 0 aromatic heterocycles. The fourth-order valence-corrected chi connectivity index (χ4v) is 1.72. The maximum Gasteiger partial charge on any atom is 0.416 e. The number of benzene rings is 1. The molecule has 128 valence electrons. The Labute approximate surface area is 131 Å². The van der Waals surface area contributed by atoms with E-state index in [2.05, 4.69) is 10.1 Å². The number of carbonyl (C=O) groups is 2. The minimum Gasteiger partial charge on any atom is -0.467 e. The Kier molecular flexibility index (Phi) is 5.63. The summed E-state index contributed by atoms with van der Waals surface area (Å²) in [5.41, 5.74) is -1.81. The van der Waals surface area contributed by atoms with Gasteiger partial charge >= 0.3 is 18.2 Å². The molecule has 0 aliphatic heterocycles. The lowest BCUT2D eigenvalue weighted by atomic mass is 10.0. The zero-order valence-corrected chi connectivity index (χ0v) is 13.2. The fraction of sp³-hybridized carbons (Fsp3) is 0.467. The normalized spacial score (nSPS) is 13.2. The number of halogens is 3. The van der Waals surface area contributed by atoms with Crippen LogP contribution in [0.4, 0.5) is 18.0 Å². The van der Waals surface area contributed by atoms with Gasteiger partial charge in [-0.2, -0.15) is 13.2 Å². The van der Waals surface area contributed by atoms with Gasteiger partial charge in [-0.05, 0) is 38.5 Å². The first-order chi connectivity index (χ1) is 10.4. The maximum absolute atomic E-state index is 12.8. The van der Waals surface area contributed by atoms with E-state index < -0.39 is 35.4 Å². The molecule has 0 radical (unpaired) electrons. The lowest BCUT2D eigenvalue weighted by Gasteiger charge is -2.23. The van der Waals surface area contributed by atoms with Crippen LogP contribution in [0.25, 0.3) is 0 Å². The number of hydrogen-bond donors (Lipinski definition) is 1. The van der Waals surface area contributed by atoms with Gasteiger partial charge in [0, 0.05) is 0 Å². The van der Waals surface area contributed by atoms with Crippen LogP contribution in [0.15, 0.2) is 24.3 Å². The van der Waals surface area contributed by atoms with E-state index in [9.17, 15) is 22.8 Å². The van der Waals surface area contributed by atoms with E-state index in [1.165, 1.54) is 6.07 Å². The van der Waals surface area contributed by atoms with Crippen molar-refractivity contribution in [3.63, 3.8) is 0 Å². The maximum atomic E-state index is 12.8. The van der Waals surface area contributed by atoms with Gasteiger partial charge in [-0.25, -0.2) is 9.59 Å². The average molecular weight is 333 g/mol. The first-order valence-corrected chi connectivity index (χ1v) is 6.68. The highest BCUT2D eigenvalue weighted by Crippen LogP contribution is 2.31. The SMILES string of the molecule is COC(=O)C(NC(=O)OC(C)(C)C)c1cccc(C(F)(F)F)c1. The van der Waals surface area contributed by atoms with Crippen LogP contribution in [0.5, 0.6) is 0 Å². The van der Waals surface area contributed by atoms with E-state index in [4.69, 9.17) is 4.74 Å². The second-order valence-electron chi connectivity index (χ2n) is 5.73. The molecular weight excluding hydrogens is 315 g/mol. The number of amides is 1. The van der Waals surface area contributed by atoms with Gasteiger partial charge in [-0.15, -0.1) is 0 Å². The van der Waals surface area contributed by atoms with E-state index in [0.29, 0.717) is 0 Å². The third-order valence-corrected chi connectivity index (χ3v) is 2.65. The topological polar surface area (TPSA) is 64.6 Å². The van der Waals surface area contributed by atoms with E-state index in [1.807, 2.05) is 0 Å². The Hall–Kier alpha value is -2.25. The number of methoxy groups -OCH3 is 1. The molecule has 0 aliphatic carbocycles. The number of ether oxygens (including phenoxy) is 2. The molecule has 0 fully saturated rings. The molecule has 1 rings (SSSR count). The third kappa shape index (κ3) is 5.80. The van der Waals surface area contributed by atoms with Crippen LogP contribution >= 0.6 is 0 Å². The van der Waals surface area contributed by atoms with Crippen molar-refractivity contribution in [2.45, 2.75) is 38.6 Å². The highest BCUT2D eigenvalue weighted by Gasteiger charge is 2.33. The van der Waals surface area contributed by atoms with Crippen LogP contribution in [-0.4, -0.2) is 24.8 Å². The van der Waals surface area contributed by atoms with Crippen molar-refractivity contribution >= 4 is 12.1 Å². The van der Waals surface area contributed by atoms with Gasteiger partial charge < -0.3 is 14.8 Å². The molecule has 0 spiro atoms. The zero-order valence-electron chi connectivity index (χ0n) is 13.2. The highest BCUT2D eigenvalue weighted by molar-refractivity contribution is 5.82. The summed E-state index contributed by atoms with van der Waals surface area (Å²) >= 11 is 0. The molecule has 1 atom stereocenters. The van der Waals surface area contributed by atoms with Crippen molar-refractivity contribution in [2.75, 3.05) is 7.11 Å². The summed E-state index contributed by atoms with van der Waals surface area (Å²) in [5.74, 6) is -0.907. The summed E-state index contributed by atoms with van der Waals surface area (Å²) < 4.78 is 47.8. The molecular formula is C15H18F3NO4. The van der Waals surface area contributed by atoms with Crippen molar-refractivity contribution in [3.8, 4) is 0 Å². The van der Waals surface area contributed by atoms with Crippen molar-refractivity contribution in [1.82, 2.24) is 5.32 Å². The van der Waals surface area contributed by atoms with Crippen molar-refractivity contribution in [2.24, 2.45) is 0 Å². The van der Waals surface area contributed by atoms with E-state index in [-0.39, 0.29) is 5.56 Å². The van der Waals surface area contributed by atoms with Gasteiger partial charge in [0.15, 0.2) is 6.04 Å². The smallest absolute Gasteiger partial charge is 0.416 e. The van der Waals surface area contributed by atoms with Gasteiger partial charge in [-0.1, -0.05) is 12.1 Å². The second kappa shape index (κ2) is 6.89. The summed E-state index contributed by atoms with van der Waals surface area (Å²) in [6.07, 6.45) is -5.51. The molecule has 1 amide bonds. The van der Waals surface area contributed by atoms with Crippen molar-refractivity contribution < 1.29 is 32.2 Å². The standard InChI is InChI=1S/C15H18F3NO4/c1-14(2,3)23-13(21)19-11(12(20)22-4)9-6-5-7-10(8-9)15(16,17)18/h5-8,11H,1-4H3,(H,19,21). The molecule has 1 aromatic rings. The third-order valence-electron chi connectivity index (χ3n) is 2.65. The van der Waals surface area contributed by atoms with E-state index in [0.717, 1.165) is 25.3 Å². The van der Waals surface area contributed by atoms with Gasteiger partial charge in [0.2, 0.25) is 0 Å². The van der Waals surface area contributed by atoms with Gasteiger partial charge in [0.25, 0.3) is 0 Å². The quantitative estimate of drug-likeness (QED) is 0.861. The van der Waals surface area contributed by atoms with Crippen LogP contribution in [0.3, 0.4) is 0 Å². The minimum atomic E-state index is -4.57. The molecule has 1 aromatic carbocycles. The fourth-order valence-electron chi connectivity index (χ4n) is 1.72. The van der Waals surface area contributed by atoms with Crippen molar-refractivity contribution in [3.05, 3.63) is 35.4 Å². The molecule has 23 heavy (non-hydrogen) atoms. The Bertz CT molecular complexity index is 579. The van der Waals surface area contributed by atoms with Crippen LogP contribution in [-0.2, 0) is 20.4 Å². The monoisotopic (exact) mass is 333 g/mol. The second-order valence-corrected chi connectivity index (χ2v) is 5.73. The molecule has 5 nitrogen and oxygen atoms in total.